The standard InChI is InChI=1S/C22H24N2O6/c1-2-27-17-4-6-18(7-5-17)30-14-21(25)23-15-11-22(26)24(13-15)16-3-8-19-20(12-16)29-10-9-28-19/h3-8,12,15H,2,9-11,13-14H2,1H3,(H,23,25). The van der Waals surface area contributed by atoms with E-state index < -0.39 is 0 Å². The van der Waals surface area contributed by atoms with E-state index in [0.29, 0.717) is 43.6 Å². The van der Waals surface area contributed by atoms with Crippen LogP contribution in [0.15, 0.2) is 42.5 Å². The molecule has 158 valence electrons. The molecule has 0 aliphatic carbocycles. The van der Waals surface area contributed by atoms with Crippen LogP contribution >= 0.6 is 0 Å². The Morgan fingerprint density at radius 2 is 1.77 bits per heavy atom. The molecule has 2 aliphatic rings. The van der Waals surface area contributed by atoms with Crippen molar-refractivity contribution < 1.29 is 28.5 Å². The topological polar surface area (TPSA) is 86.3 Å². The molecule has 1 unspecified atom stereocenters. The Kier molecular flexibility index (Phi) is 5.92. The monoisotopic (exact) mass is 412 g/mol. The summed E-state index contributed by atoms with van der Waals surface area (Å²) in [6, 6.07) is 12.2. The van der Waals surface area contributed by atoms with Crippen LogP contribution in [0.3, 0.4) is 0 Å². The van der Waals surface area contributed by atoms with Crippen molar-refractivity contribution >= 4 is 17.5 Å². The zero-order valence-electron chi connectivity index (χ0n) is 16.8. The number of rotatable bonds is 7. The van der Waals surface area contributed by atoms with Crippen LogP contribution in [0.1, 0.15) is 13.3 Å². The molecule has 2 heterocycles. The third-order valence-corrected chi connectivity index (χ3v) is 4.83. The molecule has 1 fully saturated rings. The molecule has 0 aromatic heterocycles. The maximum atomic E-state index is 12.5. The lowest BCUT2D eigenvalue weighted by molar-refractivity contribution is -0.123. The van der Waals surface area contributed by atoms with Crippen molar-refractivity contribution in [2.75, 3.05) is 37.9 Å². The third-order valence-electron chi connectivity index (χ3n) is 4.83. The minimum Gasteiger partial charge on any atom is -0.494 e. The van der Waals surface area contributed by atoms with E-state index in [1.807, 2.05) is 13.0 Å². The zero-order valence-corrected chi connectivity index (χ0v) is 16.8. The Labute approximate surface area is 174 Å². The van der Waals surface area contributed by atoms with Crippen LogP contribution in [0.25, 0.3) is 0 Å². The zero-order chi connectivity index (χ0) is 20.9. The highest BCUT2D eigenvalue weighted by atomic mass is 16.6. The molecule has 1 saturated heterocycles. The van der Waals surface area contributed by atoms with E-state index >= 15 is 0 Å². The van der Waals surface area contributed by atoms with Crippen LogP contribution < -0.4 is 29.2 Å². The maximum absolute atomic E-state index is 12.5. The van der Waals surface area contributed by atoms with E-state index in [1.165, 1.54) is 0 Å². The summed E-state index contributed by atoms with van der Waals surface area (Å²) >= 11 is 0. The maximum Gasteiger partial charge on any atom is 0.258 e. The summed E-state index contributed by atoms with van der Waals surface area (Å²) in [7, 11) is 0. The molecule has 0 spiro atoms. The normalized spacial score (nSPS) is 17.6. The van der Waals surface area contributed by atoms with Crippen molar-refractivity contribution in [1.82, 2.24) is 5.32 Å². The van der Waals surface area contributed by atoms with Gasteiger partial charge in [-0.25, -0.2) is 0 Å². The number of carbonyl (C=O) groups is 2. The quantitative estimate of drug-likeness (QED) is 0.750. The summed E-state index contributed by atoms with van der Waals surface area (Å²) < 4.78 is 22.0. The first kappa shape index (κ1) is 19.9. The molecule has 0 saturated carbocycles. The molecule has 1 atom stereocenters. The van der Waals surface area contributed by atoms with Crippen molar-refractivity contribution in [3.63, 3.8) is 0 Å². The number of benzene rings is 2. The van der Waals surface area contributed by atoms with Gasteiger partial charge in [-0.05, 0) is 43.3 Å². The summed E-state index contributed by atoms with van der Waals surface area (Å²) in [5.74, 6) is 2.30. The number of hydrogen-bond donors (Lipinski definition) is 1. The predicted octanol–water partition coefficient (Wildman–Crippen LogP) is 2.16. The van der Waals surface area contributed by atoms with Gasteiger partial charge in [0.15, 0.2) is 18.1 Å². The minimum atomic E-state index is -0.276. The number of hydrogen-bond acceptors (Lipinski definition) is 6. The SMILES string of the molecule is CCOc1ccc(OCC(=O)NC2CC(=O)N(c3ccc4c(c3)OCCO4)C2)cc1. The second-order valence-corrected chi connectivity index (χ2v) is 6.99. The molecule has 4 rings (SSSR count). The smallest absolute Gasteiger partial charge is 0.258 e. The van der Waals surface area contributed by atoms with Crippen LogP contribution in [0.4, 0.5) is 5.69 Å². The van der Waals surface area contributed by atoms with E-state index in [4.69, 9.17) is 18.9 Å². The summed E-state index contributed by atoms with van der Waals surface area (Å²) in [5.41, 5.74) is 0.728. The van der Waals surface area contributed by atoms with E-state index in [9.17, 15) is 9.59 Å². The first-order valence-corrected chi connectivity index (χ1v) is 9.97. The van der Waals surface area contributed by atoms with Gasteiger partial charge in [0, 0.05) is 24.7 Å². The number of carbonyl (C=O) groups excluding carboxylic acids is 2. The van der Waals surface area contributed by atoms with Gasteiger partial charge < -0.3 is 29.2 Å². The average molecular weight is 412 g/mol. The number of fused-ring (bicyclic) bond motifs is 1. The lowest BCUT2D eigenvalue weighted by Crippen LogP contribution is -2.39. The van der Waals surface area contributed by atoms with Gasteiger partial charge in [0.2, 0.25) is 5.91 Å². The second kappa shape index (κ2) is 8.94. The van der Waals surface area contributed by atoms with E-state index in [-0.39, 0.29) is 30.9 Å². The second-order valence-electron chi connectivity index (χ2n) is 6.99. The van der Waals surface area contributed by atoms with Gasteiger partial charge in [0.25, 0.3) is 5.91 Å². The Hall–Kier alpha value is -3.42. The predicted molar refractivity (Wildman–Crippen MR) is 109 cm³/mol. The molecule has 0 radical (unpaired) electrons. The highest BCUT2D eigenvalue weighted by Gasteiger charge is 2.32. The first-order chi connectivity index (χ1) is 14.6. The van der Waals surface area contributed by atoms with Crippen LogP contribution in [0, 0.1) is 0 Å². The number of anilines is 1. The van der Waals surface area contributed by atoms with Crippen LogP contribution in [0.5, 0.6) is 23.0 Å². The number of ether oxygens (including phenoxy) is 4. The van der Waals surface area contributed by atoms with Gasteiger partial charge in [-0.3, -0.25) is 9.59 Å². The molecular formula is C22H24N2O6. The van der Waals surface area contributed by atoms with Crippen LogP contribution in [0.2, 0.25) is 0 Å². The highest BCUT2D eigenvalue weighted by molar-refractivity contribution is 5.97. The molecule has 30 heavy (non-hydrogen) atoms. The van der Waals surface area contributed by atoms with Gasteiger partial charge in [0.1, 0.15) is 24.7 Å². The molecule has 8 heteroatoms. The Morgan fingerprint density at radius 3 is 2.50 bits per heavy atom. The van der Waals surface area contributed by atoms with Crippen molar-refractivity contribution in [2.45, 2.75) is 19.4 Å². The number of nitrogens with zero attached hydrogens (tertiary/aromatic N) is 1. The molecule has 2 amide bonds. The molecule has 8 nitrogen and oxygen atoms in total. The van der Waals surface area contributed by atoms with Crippen molar-refractivity contribution in [2.24, 2.45) is 0 Å². The van der Waals surface area contributed by atoms with Gasteiger partial charge in [0.05, 0.1) is 12.6 Å². The summed E-state index contributed by atoms with van der Waals surface area (Å²) in [5, 5.41) is 2.87. The average Bonchev–Trinajstić information content (AvgIpc) is 3.13. The lowest BCUT2D eigenvalue weighted by Gasteiger charge is -2.22. The fraction of sp³-hybridized carbons (Fsp3) is 0.364. The molecule has 2 aromatic carbocycles. The Balaban J connectivity index is 1.29. The molecule has 0 bridgehead atoms. The molecule has 1 N–H and O–H groups in total. The fourth-order valence-corrected chi connectivity index (χ4v) is 3.47. The Bertz CT molecular complexity index is 914. The highest BCUT2D eigenvalue weighted by Crippen LogP contribution is 2.35. The molecular weight excluding hydrogens is 388 g/mol. The van der Waals surface area contributed by atoms with Crippen LogP contribution in [-0.2, 0) is 9.59 Å². The van der Waals surface area contributed by atoms with Gasteiger partial charge in [-0.1, -0.05) is 0 Å². The summed E-state index contributed by atoms with van der Waals surface area (Å²) in [4.78, 5) is 26.4. The van der Waals surface area contributed by atoms with E-state index in [0.717, 1.165) is 11.4 Å². The number of amides is 2. The lowest BCUT2D eigenvalue weighted by atomic mass is 10.2. The largest absolute Gasteiger partial charge is 0.494 e. The first-order valence-electron chi connectivity index (χ1n) is 9.97. The fourth-order valence-electron chi connectivity index (χ4n) is 3.47. The summed E-state index contributed by atoms with van der Waals surface area (Å²) in [6.45, 7) is 3.78. The van der Waals surface area contributed by atoms with Gasteiger partial charge in [-0.2, -0.15) is 0 Å². The molecule has 2 aliphatic heterocycles. The molecule has 2 aromatic rings. The minimum absolute atomic E-state index is 0.0515. The van der Waals surface area contributed by atoms with E-state index in [2.05, 4.69) is 5.32 Å². The van der Waals surface area contributed by atoms with Crippen LogP contribution in [-0.4, -0.2) is 50.8 Å². The van der Waals surface area contributed by atoms with Gasteiger partial charge >= 0.3 is 0 Å². The van der Waals surface area contributed by atoms with Crippen molar-refractivity contribution in [3.05, 3.63) is 42.5 Å². The van der Waals surface area contributed by atoms with Crippen molar-refractivity contribution in [1.29, 1.82) is 0 Å². The van der Waals surface area contributed by atoms with E-state index in [1.54, 1.807) is 41.3 Å². The Morgan fingerprint density at radius 1 is 1.07 bits per heavy atom. The van der Waals surface area contributed by atoms with Gasteiger partial charge in [-0.15, -0.1) is 0 Å². The number of nitrogens with one attached hydrogen (secondary N) is 1. The summed E-state index contributed by atoms with van der Waals surface area (Å²) in [6.07, 6.45) is 0.239. The third kappa shape index (κ3) is 4.59. The van der Waals surface area contributed by atoms with Crippen molar-refractivity contribution in [3.8, 4) is 23.0 Å².